The van der Waals surface area contributed by atoms with Crippen molar-refractivity contribution in [1.29, 1.82) is 0 Å². The lowest BCUT2D eigenvalue weighted by Gasteiger charge is -2.14. The molecule has 3 heterocycles. The van der Waals surface area contributed by atoms with Gasteiger partial charge in [0.1, 0.15) is 5.65 Å². The van der Waals surface area contributed by atoms with Gasteiger partial charge in [-0.25, -0.2) is 4.98 Å². The Hall–Kier alpha value is -3.59. The Morgan fingerprint density at radius 1 is 0.759 bits per heavy atom. The number of hydrogen-bond acceptors (Lipinski definition) is 1. The molecule has 0 aliphatic carbocycles. The molecule has 0 aliphatic heterocycles. The summed E-state index contributed by atoms with van der Waals surface area (Å²) in [4.78, 5) is 4.90. The largest absolute Gasteiger partial charge is 0.350 e. The lowest BCUT2D eigenvalue weighted by Crippen LogP contribution is -1.97. The van der Waals surface area contributed by atoms with Crippen LogP contribution in [0.3, 0.4) is 0 Å². The van der Waals surface area contributed by atoms with Crippen LogP contribution < -0.4 is 0 Å². The molecule has 0 atom stereocenters. The van der Waals surface area contributed by atoms with Crippen molar-refractivity contribution in [2.75, 3.05) is 0 Å². The van der Waals surface area contributed by atoms with Gasteiger partial charge >= 0.3 is 0 Å². The van der Waals surface area contributed by atoms with Crippen molar-refractivity contribution in [2.24, 2.45) is 7.05 Å². The highest BCUT2D eigenvalue weighted by Crippen LogP contribution is 2.36. The number of hydrogen-bond donors (Lipinski definition) is 0. The van der Waals surface area contributed by atoms with Crippen molar-refractivity contribution in [3.05, 3.63) is 84.2 Å². The predicted octanol–water partition coefficient (Wildman–Crippen LogP) is 6.42. The standard InChI is InChI=1S/C26H21N3/c1-16-7-6-8-17(2)25(16)24-15-27-26-20-10-5-4-9-19(20)21-13-18-11-12-28(3)22(18)14-23(21)29(24)26/h4-15H,1-3H3. The van der Waals surface area contributed by atoms with Gasteiger partial charge in [0, 0.05) is 40.5 Å². The van der Waals surface area contributed by atoms with E-state index < -0.39 is 0 Å². The van der Waals surface area contributed by atoms with E-state index in [1.54, 1.807) is 0 Å². The zero-order chi connectivity index (χ0) is 19.7. The van der Waals surface area contributed by atoms with E-state index in [0.29, 0.717) is 0 Å². The molecule has 0 aliphatic rings. The van der Waals surface area contributed by atoms with Crippen LogP contribution in [0, 0.1) is 13.8 Å². The number of rotatable bonds is 1. The maximum Gasteiger partial charge on any atom is 0.145 e. The molecule has 3 heteroatoms. The summed E-state index contributed by atoms with van der Waals surface area (Å²) in [6.45, 7) is 4.36. The fraction of sp³-hybridized carbons (Fsp3) is 0.115. The monoisotopic (exact) mass is 375 g/mol. The highest BCUT2D eigenvalue weighted by atomic mass is 15.0. The summed E-state index contributed by atoms with van der Waals surface area (Å²) in [5.74, 6) is 0. The summed E-state index contributed by atoms with van der Waals surface area (Å²) in [5.41, 5.74) is 8.40. The zero-order valence-corrected chi connectivity index (χ0v) is 16.8. The van der Waals surface area contributed by atoms with Crippen LogP contribution >= 0.6 is 0 Å². The van der Waals surface area contributed by atoms with Crippen LogP contribution in [0.5, 0.6) is 0 Å². The molecule has 3 nitrogen and oxygen atoms in total. The number of nitrogens with zero attached hydrogens (tertiary/aromatic N) is 3. The van der Waals surface area contributed by atoms with Crippen molar-refractivity contribution in [3.63, 3.8) is 0 Å². The van der Waals surface area contributed by atoms with Gasteiger partial charge in [0.25, 0.3) is 0 Å². The maximum absolute atomic E-state index is 4.90. The second-order valence-electron chi connectivity index (χ2n) is 7.97. The summed E-state index contributed by atoms with van der Waals surface area (Å²) < 4.78 is 4.53. The average Bonchev–Trinajstić information content (AvgIpc) is 3.31. The molecule has 6 aromatic rings. The summed E-state index contributed by atoms with van der Waals surface area (Å²) in [7, 11) is 2.10. The number of aryl methyl sites for hydroxylation is 3. The molecular formula is C26H21N3. The van der Waals surface area contributed by atoms with E-state index in [2.05, 4.69) is 96.7 Å². The molecule has 0 N–H and O–H groups in total. The normalized spacial score (nSPS) is 12.0. The van der Waals surface area contributed by atoms with Crippen molar-refractivity contribution >= 4 is 38.2 Å². The van der Waals surface area contributed by atoms with Crippen LogP contribution in [0.25, 0.3) is 49.5 Å². The third kappa shape index (κ3) is 2.16. The number of benzene rings is 3. The van der Waals surface area contributed by atoms with Crippen LogP contribution in [-0.4, -0.2) is 14.0 Å². The molecular weight excluding hydrogens is 354 g/mol. The molecule has 3 aromatic heterocycles. The van der Waals surface area contributed by atoms with Gasteiger partial charge in [-0.05, 0) is 48.6 Å². The summed E-state index contributed by atoms with van der Waals surface area (Å²) >= 11 is 0. The Bertz CT molecular complexity index is 1560. The predicted molar refractivity (Wildman–Crippen MR) is 122 cm³/mol. The van der Waals surface area contributed by atoms with Gasteiger partial charge in [-0.15, -0.1) is 0 Å². The molecule has 0 fully saturated rings. The molecule has 0 spiro atoms. The van der Waals surface area contributed by atoms with Crippen LogP contribution in [0.4, 0.5) is 0 Å². The van der Waals surface area contributed by atoms with E-state index in [-0.39, 0.29) is 0 Å². The van der Waals surface area contributed by atoms with Gasteiger partial charge in [0.15, 0.2) is 0 Å². The molecule has 6 rings (SSSR count). The van der Waals surface area contributed by atoms with Crippen molar-refractivity contribution in [1.82, 2.24) is 14.0 Å². The molecule has 0 bridgehead atoms. The minimum atomic E-state index is 1.01. The van der Waals surface area contributed by atoms with Crippen LogP contribution in [0.1, 0.15) is 11.1 Å². The Labute approximate surface area is 168 Å². The van der Waals surface area contributed by atoms with Gasteiger partial charge in [-0.2, -0.15) is 0 Å². The quantitative estimate of drug-likeness (QED) is 0.304. The van der Waals surface area contributed by atoms with E-state index >= 15 is 0 Å². The van der Waals surface area contributed by atoms with Gasteiger partial charge < -0.3 is 4.57 Å². The number of imidazole rings is 1. The van der Waals surface area contributed by atoms with Gasteiger partial charge in [0.2, 0.25) is 0 Å². The molecule has 0 saturated carbocycles. The molecule has 3 aromatic carbocycles. The first-order chi connectivity index (χ1) is 14.1. The van der Waals surface area contributed by atoms with Crippen molar-refractivity contribution in [2.45, 2.75) is 13.8 Å². The third-order valence-corrected chi connectivity index (χ3v) is 6.20. The van der Waals surface area contributed by atoms with Gasteiger partial charge in [0.05, 0.1) is 17.4 Å². The first-order valence-corrected chi connectivity index (χ1v) is 9.97. The Morgan fingerprint density at radius 3 is 2.31 bits per heavy atom. The van der Waals surface area contributed by atoms with Crippen LogP contribution in [0.2, 0.25) is 0 Å². The zero-order valence-electron chi connectivity index (χ0n) is 16.8. The Kier molecular flexibility index (Phi) is 3.22. The lowest BCUT2D eigenvalue weighted by atomic mass is 9.99. The van der Waals surface area contributed by atoms with Crippen molar-refractivity contribution < 1.29 is 0 Å². The maximum atomic E-state index is 4.90. The third-order valence-electron chi connectivity index (χ3n) is 6.20. The molecule has 140 valence electrons. The molecule has 29 heavy (non-hydrogen) atoms. The Balaban J connectivity index is 1.91. The van der Waals surface area contributed by atoms with E-state index in [1.807, 2.05) is 6.20 Å². The minimum Gasteiger partial charge on any atom is -0.350 e. The highest BCUT2D eigenvalue weighted by molar-refractivity contribution is 6.15. The topological polar surface area (TPSA) is 22.2 Å². The number of pyridine rings is 1. The molecule has 0 amide bonds. The van der Waals surface area contributed by atoms with Crippen LogP contribution in [-0.2, 0) is 7.05 Å². The van der Waals surface area contributed by atoms with Gasteiger partial charge in [-0.3, -0.25) is 4.40 Å². The summed E-state index contributed by atoms with van der Waals surface area (Å²) in [5, 5.41) is 4.96. The fourth-order valence-electron chi connectivity index (χ4n) is 4.80. The number of aromatic nitrogens is 3. The van der Waals surface area contributed by atoms with E-state index in [4.69, 9.17) is 4.98 Å². The fourth-order valence-corrected chi connectivity index (χ4v) is 4.80. The van der Waals surface area contributed by atoms with E-state index in [9.17, 15) is 0 Å². The highest BCUT2D eigenvalue weighted by Gasteiger charge is 2.17. The summed E-state index contributed by atoms with van der Waals surface area (Å²) in [6.07, 6.45) is 4.16. The van der Waals surface area contributed by atoms with E-state index in [0.717, 1.165) is 11.3 Å². The SMILES string of the molecule is Cc1cccc(C)c1-c1cnc2c3ccccc3c3cc4ccn(C)c4cc3n12. The van der Waals surface area contributed by atoms with Crippen molar-refractivity contribution in [3.8, 4) is 11.3 Å². The summed E-state index contributed by atoms with van der Waals surface area (Å²) in [6, 6.07) is 21.9. The smallest absolute Gasteiger partial charge is 0.145 e. The van der Waals surface area contributed by atoms with E-state index in [1.165, 1.54) is 49.3 Å². The molecule has 0 saturated heterocycles. The molecule has 0 unspecified atom stereocenters. The second kappa shape index (κ2) is 5.71. The van der Waals surface area contributed by atoms with Gasteiger partial charge in [-0.1, -0.05) is 42.5 Å². The molecule has 0 radical (unpaired) electrons. The average molecular weight is 375 g/mol. The lowest BCUT2D eigenvalue weighted by molar-refractivity contribution is 0.969. The first-order valence-electron chi connectivity index (χ1n) is 9.97. The minimum absolute atomic E-state index is 1.01. The Morgan fingerprint density at radius 2 is 1.52 bits per heavy atom. The van der Waals surface area contributed by atoms with Crippen LogP contribution in [0.15, 0.2) is 73.1 Å². The number of fused-ring (bicyclic) bond motifs is 7. The second-order valence-corrected chi connectivity index (χ2v) is 7.97. The first kappa shape index (κ1) is 16.4.